The van der Waals surface area contributed by atoms with E-state index >= 15 is 22.0 Å². The van der Waals surface area contributed by atoms with Crippen molar-refractivity contribution in [3.8, 4) is 22.3 Å². The van der Waals surface area contributed by atoms with Gasteiger partial charge in [0.15, 0.2) is 23.3 Å². The number of rotatable bonds is 7. The highest BCUT2D eigenvalue weighted by Gasteiger charge is 2.49. The van der Waals surface area contributed by atoms with Crippen molar-refractivity contribution in [2.24, 2.45) is 5.92 Å². The lowest BCUT2D eigenvalue weighted by atomic mass is 9.64. The van der Waals surface area contributed by atoms with Gasteiger partial charge in [0.25, 0.3) is 0 Å². The molecule has 4 rings (SSSR count). The smallest absolute Gasteiger partial charge is 0.170 e. The van der Waals surface area contributed by atoms with Gasteiger partial charge >= 0.3 is 0 Å². The summed E-state index contributed by atoms with van der Waals surface area (Å²) >= 11 is 0. The second-order valence-electron chi connectivity index (χ2n) is 9.58. The second-order valence-corrected chi connectivity index (χ2v) is 9.58. The van der Waals surface area contributed by atoms with Gasteiger partial charge in [-0.2, -0.15) is 0 Å². The van der Waals surface area contributed by atoms with E-state index in [4.69, 9.17) is 4.74 Å². The van der Waals surface area contributed by atoms with Crippen molar-refractivity contribution in [2.75, 3.05) is 7.11 Å². The zero-order valence-corrected chi connectivity index (χ0v) is 20.8. The highest BCUT2D eigenvalue weighted by atomic mass is 19.2. The molecule has 0 saturated heterocycles. The molecule has 1 nitrogen and oxygen atoms in total. The molecule has 3 aromatic rings. The fourth-order valence-electron chi connectivity index (χ4n) is 6.17. The van der Waals surface area contributed by atoms with E-state index in [-0.39, 0.29) is 12.3 Å². The molecule has 192 valence electrons. The van der Waals surface area contributed by atoms with Crippen LogP contribution in [0.25, 0.3) is 22.3 Å². The third-order valence-electron chi connectivity index (χ3n) is 7.92. The highest BCUT2D eigenvalue weighted by Crippen LogP contribution is 2.51. The molecule has 1 aliphatic carbocycles. The van der Waals surface area contributed by atoms with Crippen molar-refractivity contribution in [1.82, 2.24) is 0 Å². The van der Waals surface area contributed by atoms with Crippen LogP contribution in [-0.2, 0) is 4.74 Å². The molecule has 0 spiro atoms. The average Bonchev–Trinajstić information content (AvgIpc) is 2.91. The summed E-state index contributed by atoms with van der Waals surface area (Å²) < 4.78 is 83.2. The van der Waals surface area contributed by atoms with Gasteiger partial charge in [0, 0.05) is 24.2 Å². The highest BCUT2D eigenvalue weighted by molar-refractivity contribution is 5.72. The fraction of sp³-hybridized carbons (Fsp3) is 0.400. The van der Waals surface area contributed by atoms with Gasteiger partial charge in [-0.15, -0.1) is 0 Å². The Morgan fingerprint density at radius 3 is 2.08 bits per heavy atom. The van der Waals surface area contributed by atoms with Crippen molar-refractivity contribution >= 4 is 0 Å². The first-order valence-corrected chi connectivity index (χ1v) is 12.6. The number of halogens is 5. The van der Waals surface area contributed by atoms with E-state index in [2.05, 4.69) is 0 Å². The van der Waals surface area contributed by atoms with Crippen LogP contribution in [0.4, 0.5) is 22.0 Å². The summed E-state index contributed by atoms with van der Waals surface area (Å²) in [6.45, 7) is 3.71. The monoisotopic (exact) mass is 502 g/mol. The van der Waals surface area contributed by atoms with Crippen LogP contribution in [0.2, 0.25) is 0 Å². The number of hydrogen-bond donors (Lipinski definition) is 0. The number of benzene rings is 3. The Morgan fingerprint density at radius 1 is 0.861 bits per heavy atom. The van der Waals surface area contributed by atoms with Gasteiger partial charge < -0.3 is 4.74 Å². The molecular formula is C30H31F5O. The topological polar surface area (TPSA) is 9.23 Å². The summed E-state index contributed by atoms with van der Waals surface area (Å²) in [5.41, 5.74) is -1.99. The van der Waals surface area contributed by atoms with Gasteiger partial charge in [0.05, 0.1) is 11.2 Å². The van der Waals surface area contributed by atoms with Crippen molar-refractivity contribution in [3.63, 3.8) is 0 Å². The van der Waals surface area contributed by atoms with Gasteiger partial charge in [-0.05, 0) is 42.4 Å². The second kappa shape index (κ2) is 10.7. The Bertz CT molecular complexity index is 1200. The predicted molar refractivity (Wildman–Crippen MR) is 132 cm³/mol. The maximum atomic E-state index is 15.6. The molecule has 3 aromatic carbocycles. The summed E-state index contributed by atoms with van der Waals surface area (Å²) in [5, 5.41) is 0. The SMILES string of the molecule is CCC1CCCCC1(OC)C(CC)c1c(F)c(F)c(-c2ccc(-c3ccccc3)cc2F)c(F)c1F. The molecule has 0 aliphatic heterocycles. The minimum absolute atomic E-state index is 0.00576. The van der Waals surface area contributed by atoms with Crippen LogP contribution in [0.1, 0.15) is 63.9 Å². The van der Waals surface area contributed by atoms with E-state index in [0.717, 1.165) is 37.8 Å². The average molecular weight is 503 g/mol. The van der Waals surface area contributed by atoms with Gasteiger partial charge in [-0.3, -0.25) is 0 Å². The summed E-state index contributed by atoms with van der Waals surface area (Å²) in [7, 11) is 1.50. The third kappa shape index (κ3) is 4.34. The molecule has 1 fully saturated rings. The van der Waals surface area contributed by atoms with E-state index in [9.17, 15) is 0 Å². The quantitative estimate of drug-likeness (QED) is 0.231. The lowest BCUT2D eigenvalue weighted by Gasteiger charge is -2.48. The van der Waals surface area contributed by atoms with Crippen molar-refractivity contribution in [1.29, 1.82) is 0 Å². The van der Waals surface area contributed by atoms with Crippen molar-refractivity contribution in [2.45, 2.75) is 63.9 Å². The number of hydrogen-bond acceptors (Lipinski definition) is 1. The van der Waals surface area contributed by atoms with Gasteiger partial charge in [-0.1, -0.05) is 75.6 Å². The van der Waals surface area contributed by atoms with Gasteiger partial charge in [-0.25, -0.2) is 22.0 Å². The predicted octanol–water partition coefficient (Wildman–Crippen LogP) is 9.20. The summed E-state index contributed by atoms with van der Waals surface area (Å²) in [6, 6.07) is 12.6. The van der Waals surface area contributed by atoms with E-state index in [1.165, 1.54) is 13.2 Å². The lowest BCUT2D eigenvalue weighted by molar-refractivity contribution is -0.106. The van der Waals surface area contributed by atoms with Gasteiger partial charge in [0.1, 0.15) is 5.82 Å². The lowest BCUT2D eigenvalue weighted by Crippen LogP contribution is -2.48. The zero-order valence-electron chi connectivity index (χ0n) is 20.8. The first-order valence-electron chi connectivity index (χ1n) is 12.6. The fourth-order valence-corrected chi connectivity index (χ4v) is 6.17. The Kier molecular flexibility index (Phi) is 7.84. The maximum absolute atomic E-state index is 15.6. The molecule has 0 radical (unpaired) electrons. The van der Waals surface area contributed by atoms with E-state index in [1.807, 2.05) is 6.92 Å². The Balaban J connectivity index is 1.85. The minimum Gasteiger partial charge on any atom is -0.377 e. The largest absolute Gasteiger partial charge is 0.377 e. The zero-order chi connectivity index (χ0) is 26.0. The van der Waals surface area contributed by atoms with Crippen LogP contribution in [0.15, 0.2) is 48.5 Å². The Morgan fingerprint density at radius 2 is 1.53 bits per heavy atom. The van der Waals surface area contributed by atoms with E-state index in [0.29, 0.717) is 17.5 Å². The van der Waals surface area contributed by atoms with Crippen LogP contribution >= 0.6 is 0 Å². The maximum Gasteiger partial charge on any atom is 0.170 e. The molecule has 0 heterocycles. The van der Waals surface area contributed by atoms with Crippen LogP contribution in [0.3, 0.4) is 0 Å². The first-order chi connectivity index (χ1) is 17.3. The standard InChI is InChI=1S/C30H31F5O/c1-4-20-13-9-10-16-30(20,36-3)22(5-2)25-28(34)26(32)24(27(33)29(25)35)21-15-14-19(17-23(21)31)18-11-7-6-8-12-18/h6-8,11-12,14-15,17,20,22H,4-5,9-10,13,16H2,1-3H3. The minimum atomic E-state index is -1.59. The van der Waals surface area contributed by atoms with Crippen LogP contribution < -0.4 is 0 Å². The van der Waals surface area contributed by atoms with Crippen molar-refractivity contribution in [3.05, 3.63) is 83.2 Å². The van der Waals surface area contributed by atoms with Crippen LogP contribution in [-0.4, -0.2) is 12.7 Å². The molecule has 0 amide bonds. The molecule has 6 heteroatoms. The normalized spacial score (nSPS) is 20.9. The third-order valence-corrected chi connectivity index (χ3v) is 7.92. The van der Waals surface area contributed by atoms with Crippen LogP contribution in [0.5, 0.6) is 0 Å². The molecule has 36 heavy (non-hydrogen) atoms. The first kappa shape index (κ1) is 26.3. The molecule has 0 bridgehead atoms. The molecular weight excluding hydrogens is 471 g/mol. The Hall–Kier alpha value is -2.73. The van der Waals surface area contributed by atoms with Crippen molar-refractivity contribution < 1.29 is 26.7 Å². The summed E-state index contributed by atoms with van der Waals surface area (Å²) in [5.74, 6) is -8.03. The summed E-state index contributed by atoms with van der Waals surface area (Å²) in [6.07, 6.45) is 4.06. The summed E-state index contributed by atoms with van der Waals surface area (Å²) in [4.78, 5) is 0. The molecule has 3 atom stereocenters. The van der Waals surface area contributed by atoms with E-state index < -0.39 is 57.3 Å². The number of methoxy groups -OCH3 is 1. The Labute approximate surface area is 209 Å². The molecule has 0 N–H and O–H groups in total. The molecule has 3 unspecified atom stereocenters. The van der Waals surface area contributed by atoms with Crippen LogP contribution in [0, 0.1) is 35.0 Å². The molecule has 1 aliphatic rings. The molecule has 0 aromatic heterocycles. The molecule has 1 saturated carbocycles. The number of ether oxygens (including phenoxy) is 1. The van der Waals surface area contributed by atoms with E-state index in [1.54, 1.807) is 37.3 Å². The van der Waals surface area contributed by atoms with Gasteiger partial charge in [0.2, 0.25) is 0 Å².